The number of pyridine rings is 1. The number of halogens is 1. The van der Waals surface area contributed by atoms with Crippen molar-refractivity contribution in [2.24, 2.45) is 0 Å². The molecule has 32 heavy (non-hydrogen) atoms. The summed E-state index contributed by atoms with van der Waals surface area (Å²) in [7, 11) is 1.88. The highest BCUT2D eigenvalue weighted by atomic mass is 19.1. The maximum atomic E-state index is 13.5. The van der Waals surface area contributed by atoms with E-state index < -0.39 is 0 Å². The van der Waals surface area contributed by atoms with Crippen molar-refractivity contribution < 1.29 is 9.18 Å². The number of hydrogen-bond acceptors (Lipinski definition) is 5. The molecule has 2 aromatic rings. The van der Waals surface area contributed by atoms with Crippen LogP contribution in [-0.2, 0) is 0 Å². The van der Waals surface area contributed by atoms with Crippen LogP contribution >= 0.6 is 0 Å². The summed E-state index contributed by atoms with van der Waals surface area (Å²) in [5.41, 5.74) is 8.34. The number of hydrazine groups is 1. The molecule has 0 radical (unpaired) electrons. The SMILES string of the molecule is CN(CCCCCC1CC(c2cccc(F)c2)NN1)C(=O)c1cccnc1N1CCCC1. The number of nitrogens with zero attached hydrogens (tertiary/aromatic N) is 3. The Morgan fingerprint density at radius 2 is 2.00 bits per heavy atom. The van der Waals surface area contributed by atoms with Crippen LogP contribution in [0.15, 0.2) is 42.6 Å². The van der Waals surface area contributed by atoms with E-state index >= 15 is 0 Å². The predicted octanol–water partition coefficient (Wildman–Crippen LogP) is 4.06. The van der Waals surface area contributed by atoms with E-state index in [0.717, 1.165) is 76.0 Å². The number of hydrogen-bond donors (Lipinski definition) is 2. The lowest BCUT2D eigenvalue weighted by atomic mass is 9.99. The molecule has 0 spiro atoms. The Bertz CT molecular complexity index is 901. The average Bonchev–Trinajstić information content (AvgIpc) is 3.51. The fraction of sp³-hybridized carbons (Fsp3) is 0.520. The summed E-state index contributed by atoms with van der Waals surface area (Å²) in [6, 6.07) is 11.1. The Balaban J connectivity index is 1.18. The lowest BCUT2D eigenvalue weighted by molar-refractivity contribution is 0.0792. The summed E-state index contributed by atoms with van der Waals surface area (Å²) in [6.45, 7) is 2.70. The smallest absolute Gasteiger partial charge is 0.257 e. The van der Waals surface area contributed by atoms with E-state index in [9.17, 15) is 9.18 Å². The predicted molar refractivity (Wildman–Crippen MR) is 125 cm³/mol. The van der Waals surface area contributed by atoms with Gasteiger partial charge in [-0.15, -0.1) is 0 Å². The van der Waals surface area contributed by atoms with Crippen molar-refractivity contribution in [3.05, 3.63) is 59.5 Å². The number of benzene rings is 1. The molecule has 1 aromatic carbocycles. The Morgan fingerprint density at radius 3 is 2.81 bits per heavy atom. The second-order valence-electron chi connectivity index (χ2n) is 8.97. The number of rotatable bonds is 9. The summed E-state index contributed by atoms with van der Waals surface area (Å²) in [5, 5.41) is 0. The maximum Gasteiger partial charge on any atom is 0.257 e. The van der Waals surface area contributed by atoms with Gasteiger partial charge in [0.05, 0.1) is 5.56 Å². The fourth-order valence-electron chi connectivity index (χ4n) is 4.72. The van der Waals surface area contributed by atoms with Crippen LogP contribution in [-0.4, -0.2) is 48.5 Å². The summed E-state index contributed by atoms with van der Waals surface area (Å²) < 4.78 is 13.5. The molecule has 0 aliphatic carbocycles. The quantitative estimate of drug-likeness (QED) is 0.577. The first kappa shape index (κ1) is 22.7. The Kier molecular flexibility index (Phi) is 7.71. The van der Waals surface area contributed by atoms with Gasteiger partial charge in [0.1, 0.15) is 11.6 Å². The van der Waals surface area contributed by atoms with Gasteiger partial charge < -0.3 is 9.80 Å². The van der Waals surface area contributed by atoms with Crippen LogP contribution < -0.4 is 15.8 Å². The van der Waals surface area contributed by atoms with Gasteiger partial charge in [0.15, 0.2) is 0 Å². The van der Waals surface area contributed by atoms with Crippen molar-refractivity contribution in [2.75, 3.05) is 31.6 Å². The summed E-state index contributed by atoms with van der Waals surface area (Å²) in [6.07, 6.45) is 9.28. The number of nitrogens with one attached hydrogen (secondary N) is 2. The minimum absolute atomic E-state index is 0.0552. The van der Waals surface area contributed by atoms with Gasteiger partial charge in [-0.1, -0.05) is 25.0 Å². The van der Waals surface area contributed by atoms with Gasteiger partial charge in [-0.3, -0.25) is 15.6 Å². The van der Waals surface area contributed by atoms with E-state index in [1.807, 2.05) is 30.1 Å². The van der Waals surface area contributed by atoms with E-state index in [2.05, 4.69) is 20.7 Å². The first-order valence-electron chi connectivity index (χ1n) is 11.8. The van der Waals surface area contributed by atoms with Gasteiger partial charge in [-0.05, 0) is 61.9 Å². The molecule has 172 valence electrons. The third-order valence-electron chi connectivity index (χ3n) is 6.55. The summed E-state index contributed by atoms with van der Waals surface area (Å²) in [5.74, 6) is 0.694. The van der Waals surface area contributed by atoms with Gasteiger partial charge in [0.25, 0.3) is 5.91 Å². The normalized spacial score (nSPS) is 20.6. The van der Waals surface area contributed by atoms with Crippen molar-refractivity contribution >= 4 is 11.7 Å². The molecule has 6 nitrogen and oxygen atoms in total. The number of unbranched alkanes of at least 4 members (excludes halogenated alkanes) is 2. The highest BCUT2D eigenvalue weighted by Crippen LogP contribution is 2.25. The number of aromatic nitrogens is 1. The molecule has 0 bridgehead atoms. The van der Waals surface area contributed by atoms with E-state index in [4.69, 9.17) is 0 Å². The Hall–Kier alpha value is -2.51. The van der Waals surface area contributed by atoms with E-state index in [0.29, 0.717) is 11.6 Å². The molecule has 2 saturated heterocycles. The molecule has 2 atom stereocenters. The molecule has 2 aliphatic rings. The van der Waals surface area contributed by atoms with Crippen LogP contribution in [0.3, 0.4) is 0 Å². The molecular weight excluding hydrogens is 405 g/mol. The zero-order chi connectivity index (χ0) is 22.3. The number of anilines is 1. The van der Waals surface area contributed by atoms with Gasteiger partial charge in [-0.25, -0.2) is 9.37 Å². The highest BCUT2D eigenvalue weighted by molar-refractivity contribution is 5.98. The lowest BCUT2D eigenvalue weighted by Crippen LogP contribution is -2.31. The molecule has 3 heterocycles. The largest absolute Gasteiger partial charge is 0.356 e. The third kappa shape index (κ3) is 5.64. The van der Waals surface area contributed by atoms with Crippen LogP contribution in [0.4, 0.5) is 10.2 Å². The number of carbonyl (C=O) groups is 1. The maximum absolute atomic E-state index is 13.5. The average molecular weight is 440 g/mol. The minimum atomic E-state index is -0.190. The monoisotopic (exact) mass is 439 g/mol. The molecule has 0 saturated carbocycles. The van der Waals surface area contributed by atoms with Gasteiger partial charge in [0.2, 0.25) is 0 Å². The minimum Gasteiger partial charge on any atom is -0.356 e. The van der Waals surface area contributed by atoms with Crippen LogP contribution in [0, 0.1) is 5.82 Å². The van der Waals surface area contributed by atoms with Crippen LogP contribution in [0.5, 0.6) is 0 Å². The second-order valence-corrected chi connectivity index (χ2v) is 8.97. The third-order valence-corrected chi connectivity index (χ3v) is 6.55. The molecule has 1 amide bonds. The Labute approximate surface area is 190 Å². The van der Waals surface area contributed by atoms with Crippen molar-refractivity contribution in [1.82, 2.24) is 20.7 Å². The van der Waals surface area contributed by atoms with Gasteiger partial charge in [-0.2, -0.15) is 0 Å². The number of carbonyl (C=O) groups excluding carboxylic acids is 1. The molecule has 2 N–H and O–H groups in total. The van der Waals surface area contributed by atoms with Crippen molar-refractivity contribution in [3.8, 4) is 0 Å². The van der Waals surface area contributed by atoms with Crippen LogP contribution in [0.25, 0.3) is 0 Å². The van der Waals surface area contributed by atoms with Crippen molar-refractivity contribution in [3.63, 3.8) is 0 Å². The zero-order valence-corrected chi connectivity index (χ0v) is 18.9. The highest BCUT2D eigenvalue weighted by Gasteiger charge is 2.25. The molecule has 7 heteroatoms. The Morgan fingerprint density at radius 1 is 1.16 bits per heavy atom. The summed E-state index contributed by atoms with van der Waals surface area (Å²) >= 11 is 0. The topological polar surface area (TPSA) is 60.5 Å². The second kappa shape index (κ2) is 10.9. The first-order chi connectivity index (χ1) is 15.6. The number of amides is 1. The fourth-order valence-corrected chi connectivity index (χ4v) is 4.72. The van der Waals surface area contributed by atoms with Crippen molar-refractivity contribution in [1.29, 1.82) is 0 Å². The zero-order valence-electron chi connectivity index (χ0n) is 18.9. The molecule has 2 fully saturated rings. The summed E-state index contributed by atoms with van der Waals surface area (Å²) in [4.78, 5) is 21.5. The van der Waals surface area contributed by atoms with Crippen LogP contribution in [0.2, 0.25) is 0 Å². The molecule has 2 unspecified atom stereocenters. The van der Waals surface area contributed by atoms with E-state index in [-0.39, 0.29) is 17.8 Å². The molecule has 4 rings (SSSR count). The van der Waals surface area contributed by atoms with Gasteiger partial charge in [0, 0.05) is 45.0 Å². The lowest BCUT2D eigenvalue weighted by Gasteiger charge is -2.23. The van der Waals surface area contributed by atoms with Gasteiger partial charge >= 0.3 is 0 Å². The molecule has 1 aromatic heterocycles. The standard InChI is InChI=1S/C25H34FN5O/c1-30(25(32)22-12-8-13-27-24(22)31-15-5-6-16-31)14-4-2-3-11-21-18-23(29-28-21)19-9-7-10-20(26)17-19/h7-10,12-13,17,21,23,28-29H,2-6,11,14-16,18H2,1H3. The van der Waals surface area contributed by atoms with E-state index in [1.54, 1.807) is 18.3 Å². The van der Waals surface area contributed by atoms with E-state index in [1.165, 1.54) is 6.07 Å². The first-order valence-corrected chi connectivity index (χ1v) is 11.8. The molecule has 2 aliphatic heterocycles. The van der Waals surface area contributed by atoms with Crippen molar-refractivity contribution in [2.45, 2.75) is 57.0 Å². The van der Waals surface area contributed by atoms with Crippen LogP contribution in [0.1, 0.15) is 66.9 Å². The molecular formula is C25H34FN5O.